The Labute approximate surface area is 215 Å². The zero-order valence-electron chi connectivity index (χ0n) is 20.1. The van der Waals surface area contributed by atoms with E-state index in [1.54, 1.807) is 19.5 Å². The molecule has 0 radical (unpaired) electrons. The largest absolute Gasteiger partial charge is 0.495 e. The number of morpholine rings is 1. The highest BCUT2D eigenvalue weighted by atomic mass is 79.9. The van der Waals surface area contributed by atoms with Gasteiger partial charge in [-0.3, -0.25) is 4.98 Å². The van der Waals surface area contributed by atoms with E-state index in [9.17, 15) is 5.11 Å². The number of likely N-dealkylation sites (N-methyl/N-ethyl adjacent to an activating group) is 1. The molecule has 6 rings (SSSR count). The fraction of sp³-hybridized carbons (Fsp3) is 0.393. The number of ether oxygens (including phenoxy) is 3. The molecule has 1 saturated heterocycles. The summed E-state index contributed by atoms with van der Waals surface area (Å²) >= 11 is 3.52. The first-order valence-corrected chi connectivity index (χ1v) is 12.8. The van der Waals surface area contributed by atoms with E-state index in [1.165, 1.54) is 0 Å². The van der Waals surface area contributed by atoms with E-state index in [4.69, 9.17) is 14.2 Å². The molecule has 7 heteroatoms. The molecule has 0 spiro atoms. The second-order valence-corrected chi connectivity index (χ2v) is 10.3. The minimum atomic E-state index is -1.20. The summed E-state index contributed by atoms with van der Waals surface area (Å²) in [7, 11) is 3.71. The Kier molecular flexibility index (Phi) is 6.86. The predicted octanol–water partition coefficient (Wildman–Crippen LogP) is 4.85. The van der Waals surface area contributed by atoms with E-state index in [1.807, 2.05) is 42.5 Å². The number of rotatable bonds is 3. The zero-order valence-corrected chi connectivity index (χ0v) is 21.7. The Morgan fingerprint density at radius 3 is 2.40 bits per heavy atom. The van der Waals surface area contributed by atoms with Crippen molar-refractivity contribution < 1.29 is 19.3 Å². The van der Waals surface area contributed by atoms with Gasteiger partial charge in [0, 0.05) is 23.5 Å². The summed E-state index contributed by atoms with van der Waals surface area (Å²) in [6, 6.07) is 18.3. The van der Waals surface area contributed by atoms with Gasteiger partial charge in [0.1, 0.15) is 17.1 Å². The summed E-state index contributed by atoms with van der Waals surface area (Å²) < 4.78 is 18.3. The van der Waals surface area contributed by atoms with Crippen molar-refractivity contribution in [3.05, 3.63) is 88.2 Å². The molecule has 184 valence electrons. The molecule has 3 atom stereocenters. The van der Waals surface area contributed by atoms with Crippen LogP contribution in [0.2, 0.25) is 0 Å². The number of fused-ring (bicyclic) bond motifs is 3. The molecule has 0 amide bonds. The van der Waals surface area contributed by atoms with E-state index in [0.717, 1.165) is 48.3 Å². The minimum absolute atomic E-state index is 0.00279. The number of aromatic nitrogens is 1. The van der Waals surface area contributed by atoms with Gasteiger partial charge >= 0.3 is 0 Å². The van der Waals surface area contributed by atoms with E-state index in [-0.39, 0.29) is 5.92 Å². The molecule has 1 aromatic heterocycles. The van der Waals surface area contributed by atoms with Crippen molar-refractivity contribution in [3.63, 3.8) is 0 Å². The van der Waals surface area contributed by atoms with Gasteiger partial charge in [-0.2, -0.15) is 0 Å². The lowest BCUT2D eigenvalue weighted by Crippen LogP contribution is -2.48. The number of methoxy groups -OCH3 is 1. The van der Waals surface area contributed by atoms with Gasteiger partial charge in [0.15, 0.2) is 5.60 Å². The molecule has 3 unspecified atom stereocenters. The van der Waals surface area contributed by atoms with Crippen LogP contribution in [-0.2, 0) is 15.9 Å². The fourth-order valence-corrected chi connectivity index (χ4v) is 5.94. The highest BCUT2D eigenvalue weighted by molar-refractivity contribution is 9.10. The van der Waals surface area contributed by atoms with Crippen molar-refractivity contribution in [1.29, 1.82) is 0 Å². The molecule has 3 heterocycles. The first-order chi connectivity index (χ1) is 17.0. The molecule has 35 heavy (non-hydrogen) atoms. The van der Waals surface area contributed by atoms with Gasteiger partial charge in [0.25, 0.3) is 0 Å². The van der Waals surface area contributed by atoms with Gasteiger partial charge < -0.3 is 24.2 Å². The van der Waals surface area contributed by atoms with Crippen molar-refractivity contribution in [2.45, 2.75) is 30.0 Å². The first-order valence-electron chi connectivity index (χ1n) is 12.0. The fourth-order valence-electron chi connectivity index (χ4n) is 5.67. The van der Waals surface area contributed by atoms with Gasteiger partial charge in [-0.25, -0.2) is 0 Å². The maximum absolute atomic E-state index is 12.2. The van der Waals surface area contributed by atoms with Gasteiger partial charge in [0.05, 0.1) is 38.3 Å². The third kappa shape index (κ3) is 4.14. The number of hydrogen-bond donors (Lipinski definition) is 1. The predicted molar refractivity (Wildman–Crippen MR) is 138 cm³/mol. The van der Waals surface area contributed by atoms with Crippen LogP contribution in [0.5, 0.6) is 11.5 Å². The van der Waals surface area contributed by atoms with E-state index in [0.29, 0.717) is 23.5 Å². The Morgan fingerprint density at radius 1 is 1.06 bits per heavy atom. The van der Waals surface area contributed by atoms with Crippen LogP contribution in [0.1, 0.15) is 35.4 Å². The smallest absolute Gasteiger partial charge is 0.174 e. The summed E-state index contributed by atoms with van der Waals surface area (Å²) in [6.45, 7) is 4.02. The van der Waals surface area contributed by atoms with Crippen LogP contribution < -0.4 is 9.47 Å². The van der Waals surface area contributed by atoms with Crippen molar-refractivity contribution in [3.8, 4) is 11.5 Å². The van der Waals surface area contributed by atoms with Crippen LogP contribution in [0.25, 0.3) is 0 Å². The van der Waals surface area contributed by atoms with Crippen LogP contribution in [-0.4, -0.2) is 55.5 Å². The van der Waals surface area contributed by atoms with Crippen molar-refractivity contribution >= 4 is 15.9 Å². The maximum Gasteiger partial charge on any atom is 0.174 e. The second-order valence-electron chi connectivity index (χ2n) is 9.34. The molecule has 2 aliphatic heterocycles. The van der Waals surface area contributed by atoms with Gasteiger partial charge in [-0.05, 0) is 43.1 Å². The molecule has 3 aromatic rings. The number of aliphatic hydroxyl groups is 1. The van der Waals surface area contributed by atoms with E-state index >= 15 is 0 Å². The van der Waals surface area contributed by atoms with Crippen molar-refractivity contribution in [1.82, 2.24) is 9.88 Å². The van der Waals surface area contributed by atoms with Crippen LogP contribution in [0, 0.1) is 0 Å². The van der Waals surface area contributed by atoms with Crippen LogP contribution in [0.3, 0.4) is 0 Å². The SMILES string of the molecule is CN1CCOCC1.COc1cncc2c1C1(O)CCC(c3ccccc3)C1(c1ccc(Br)cc1)O2. The number of benzene rings is 2. The molecule has 1 N–H and O–H groups in total. The molecular weight excluding hydrogens is 508 g/mol. The monoisotopic (exact) mass is 538 g/mol. The highest BCUT2D eigenvalue weighted by Crippen LogP contribution is 2.67. The standard InChI is InChI=1S/C23H20BrNO3.C5H11NO/c1-27-19-13-25-14-20-21(19)22(26)12-11-18(15-5-3-2-4-6-15)23(22,28-20)16-7-9-17(24)10-8-16;1-6-2-4-7-5-3-6/h2-10,13-14,18,26H,11-12H2,1H3;2-5H2,1H3. The lowest BCUT2D eigenvalue weighted by Gasteiger charge is -2.40. The Balaban J connectivity index is 0.000000313. The summed E-state index contributed by atoms with van der Waals surface area (Å²) in [4.78, 5) is 6.52. The Morgan fingerprint density at radius 2 is 1.77 bits per heavy atom. The average molecular weight is 539 g/mol. The first kappa shape index (κ1) is 24.3. The molecule has 3 aliphatic rings. The molecule has 0 bridgehead atoms. The lowest BCUT2D eigenvalue weighted by molar-refractivity contribution is -0.106. The molecular formula is C28H31BrN2O4. The van der Waals surface area contributed by atoms with Crippen LogP contribution in [0.4, 0.5) is 0 Å². The molecule has 1 saturated carbocycles. The van der Waals surface area contributed by atoms with Crippen LogP contribution >= 0.6 is 15.9 Å². The van der Waals surface area contributed by atoms with E-state index in [2.05, 4.69) is 45.0 Å². The minimum Gasteiger partial charge on any atom is -0.495 e. The van der Waals surface area contributed by atoms with E-state index < -0.39 is 11.2 Å². The topological polar surface area (TPSA) is 64.1 Å². The molecule has 6 nitrogen and oxygen atoms in total. The Hall–Kier alpha value is -2.45. The third-order valence-electron chi connectivity index (χ3n) is 7.39. The third-order valence-corrected chi connectivity index (χ3v) is 7.92. The lowest BCUT2D eigenvalue weighted by atomic mass is 9.72. The van der Waals surface area contributed by atoms with Crippen molar-refractivity contribution in [2.24, 2.45) is 0 Å². The van der Waals surface area contributed by atoms with Gasteiger partial charge in [-0.1, -0.05) is 58.4 Å². The summed E-state index contributed by atoms with van der Waals surface area (Å²) in [5, 5.41) is 12.2. The van der Waals surface area contributed by atoms with Gasteiger partial charge in [0.2, 0.25) is 0 Å². The molecule has 1 aliphatic carbocycles. The number of hydrogen-bond acceptors (Lipinski definition) is 6. The molecule has 2 aromatic carbocycles. The average Bonchev–Trinajstić information content (AvgIpc) is 3.33. The number of nitrogens with zero attached hydrogens (tertiary/aromatic N) is 2. The number of halogens is 1. The maximum atomic E-state index is 12.2. The quantitative estimate of drug-likeness (QED) is 0.514. The van der Waals surface area contributed by atoms with Gasteiger partial charge in [-0.15, -0.1) is 0 Å². The summed E-state index contributed by atoms with van der Waals surface area (Å²) in [5.74, 6) is 1.15. The Bertz CT molecular complexity index is 1150. The summed E-state index contributed by atoms with van der Waals surface area (Å²) in [6.07, 6.45) is 4.71. The zero-order chi connectivity index (χ0) is 24.5. The van der Waals surface area contributed by atoms with Crippen molar-refractivity contribution in [2.75, 3.05) is 40.5 Å². The normalized spacial score (nSPS) is 27.3. The molecule has 2 fully saturated rings. The number of pyridine rings is 1. The highest BCUT2D eigenvalue weighted by Gasteiger charge is 2.69. The second kappa shape index (κ2) is 9.90. The van der Waals surface area contributed by atoms with Crippen LogP contribution in [0.15, 0.2) is 71.5 Å². The summed E-state index contributed by atoms with van der Waals surface area (Å²) in [5.41, 5.74) is 0.661.